The third-order valence-electron chi connectivity index (χ3n) is 4.41. The lowest BCUT2D eigenvalue weighted by molar-refractivity contribution is 0.101. The molecule has 1 aliphatic carbocycles. The third kappa shape index (κ3) is 2.60. The Kier molecular flexibility index (Phi) is 3.40. The Hall–Kier alpha value is -0.860. The van der Waals surface area contributed by atoms with Gasteiger partial charge in [-0.15, -0.1) is 0 Å². The fourth-order valence-corrected chi connectivity index (χ4v) is 3.00. The molecule has 0 amide bonds. The molecule has 2 aliphatic rings. The number of aliphatic hydroxyl groups excluding tert-OH is 1. The molecule has 0 spiro atoms. The molecule has 2 heteroatoms. The number of aliphatic hydroxyl groups is 1. The maximum Gasteiger partial charge on any atom is 0.0943 e. The van der Waals surface area contributed by atoms with Gasteiger partial charge in [-0.2, -0.15) is 0 Å². The number of nitrogens with one attached hydrogen (secondary N) is 1. The first kappa shape index (κ1) is 12.2. The van der Waals surface area contributed by atoms with E-state index < -0.39 is 0 Å². The molecule has 3 unspecified atom stereocenters. The summed E-state index contributed by atoms with van der Waals surface area (Å²) in [4.78, 5) is 0. The van der Waals surface area contributed by atoms with E-state index in [-0.39, 0.29) is 12.1 Å². The second-order valence-corrected chi connectivity index (χ2v) is 6.08. The van der Waals surface area contributed by atoms with E-state index in [1.807, 2.05) is 0 Å². The first-order valence-electron chi connectivity index (χ1n) is 7.25. The van der Waals surface area contributed by atoms with Gasteiger partial charge in [0, 0.05) is 6.04 Å². The second kappa shape index (κ2) is 5.02. The molecule has 2 nitrogen and oxygen atoms in total. The Morgan fingerprint density at radius 2 is 1.89 bits per heavy atom. The smallest absolute Gasteiger partial charge is 0.0943 e. The average molecular weight is 245 g/mol. The predicted octanol–water partition coefficient (Wildman–Crippen LogP) is 2.99. The molecule has 1 aromatic rings. The molecule has 3 rings (SSSR count). The highest BCUT2D eigenvalue weighted by atomic mass is 16.3. The lowest BCUT2D eigenvalue weighted by Gasteiger charge is -2.32. The van der Waals surface area contributed by atoms with Crippen molar-refractivity contribution in [2.75, 3.05) is 6.54 Å². The first-order valence-corrected chi connectivity index (χ1v) is 7.25. The van der Waals surface area contributed by atoms with Gasteiger partial charge in [0.05, 0.1) is 6.10 Å². The molecule has 3 atom stereocenters. The van der Waals surface area contributed by atoms with Crippen LogP contribution in [0.1, 0.15) is 55.8 Å². The monoisotopic (exact) mass is 245 g/mol. The van der Waals surface area contributed by atoms with Crippen LogP contribution in [-0.2, 0) is 0 Å². The Morgan fingerprint density at radius 1 is 1.17 bits per heavy atom. The van der Waals surface area contributed by atoms with Crippen molar-refractivity contribution in [2.24, 2.45) is 5.92 Å². The van der Waals surface area contributed by atoms with Gasteiger partial charge in [-0.3, -0.25) is 0 Å². The molecule has 18 heavy (non-hydrogen) atoms. The molecule has 2 fully saturated rings. The van der Waals surface area contributed by atoms with Gasteiger partial charge >= 0.3 is 0 Å². The van der Waals surface area contributed by atoms with Crippen LogP contribution in [-0.4, -0.2) is 17.7 Å². The van der Waals surface area contributed by atoms with E-state index in [0.29, 0.717) is 0 Å². The SMILES string of the molecule is CC1CCNC(C(O)c2ccc(C3CC3)cc2)C1. The van der Waals surface area contributed by atoms with Crippen molar-refractivity contribution >= 4 is 0 Å². The minimum atomic E-state index is -0.360. The lowest BCUT2D eigenvalue weighted by Crippen LogP contribution is -2.41. The van der Waals surface area contributed by atoms with Crippen LogP contribution in [0.5, 0.6) is 0 Å². The van der Waals surface area contributed by atoms with Crippen LogP contribution in [0, 0.1) is 5.92 Å². The molecule has 1 saturated carbocycles. The van der Waals surface area contributed by atoms with Crippen LogP contribution in [0.15, 0.2) is 24.3 Å². The van der Waals surface area contributed by atoms with Crippen molar-refractivity contribution in [3.63, 3.8) is 0 Å². The van der Waals surface area contributed by atoms with E-state index in [1.54, 1.807) is 0 Å². The predicted molar refractivity (Wildman–Crippen MR) is 73.6 cm³/mol. The first-order chi connectivity index (χ1) is 8.74. The highest BCUT2D eigenvalue weighted by Crippen LogP contribution is 2.40. The van der Waals surface area contributed by atoms with E-state index in [9.17, 15) is 5.11 Å². The Bertz CT molecular complexity index is 396. The van der Waals surface area contributed by atoms with Gasteiger partial charge in [-0.25, -0.2) is 0 Å². The average Bonchev–Trinajstić information content (AvgIpc) is 3.22. The van der Waals surface area contributed by atoms with Crippen LogP contribution in [0.3, 0.4) is 0 Å². The van der Waals surface area contributed by atoms with E-state index in [0.717, 1.165) is 30.4 Å². The van der Waals surface area contributed by atoms with Crippen molar-refractivity contribution in [1.82, 2.24) is 5.32 Å². The van der Waals surface area contributed by atoms with E-state index in [2.05, 4.69) is 36.5 Å². The molecular formula is C16H23NO. The number of hydrogen-bond donors (Lipinski definition) is 2. The Morgan fingerprint density at radius 3 is 2.50 bits per heavy atom. The largest absolute Gasteiger partial charge is 0.387 e. The van der Waals surface area contributed by atoms with Gasteiger partial charge in [0.25, 0.3) is 0 Å². The van der Waals surface area contributed by atoms with E-state index in [4.69, 9.17) is 0 Å². The molecule has 0 aromatic heterocycles. The van der Waals surface area contributed by atoms with Crippen LogP contribution < -0.4 is 5.32 Å². The number of hydrogen-bond acceptors (Lipinski definition) is 2. The van der Waals surface area contributed by atoms with Crippen LogP contribution in [0.4, 0.5) is 0 Å². The maximum atomic E-state index is 10.4. The van der Waals surface area contributed by atoms with Gasteiger partial charge in [-0.1, -0.05) is 31.2 Å². The molecule has 1 heterocycles. The molecule has 0 radical (unpaired) electrons. The molecular weight excluding hydrogens is 222 g/mol. The summed E-state index contributed by atoms with van der Waals surface area (Å²) < 4.78 is 0. The van der Waals surface area contributed by atoms with E-state index >= 15 is 0 Å². The van der Waals surface area contributed by atoms with Crippen LogP contribution in [0.25, 0.3) is 0 Å². The number of piperidine rings is 1. The van der Waals surface area contributed by atoms with Gasteiger partial charge in [0.2, 0.25) is 0 Å². The van der Waals surface area contributed by atoms with Crippen molar-refractivity contribution in [1.29, 1.82) is 0 Å². The Balaban J connectivity index is 1.68. The van der Waals surface area contributed by atoms with Crippen LogP contribution in [0.2, 0.25) is 0 Å². The number of rotatable bonds is 3. The summed E-state index contributed by atoms with van der Waals surface area (Å²) in [5.74, 6) is 1.51. The summed E-state index contributed by atoms with van der Waals surface area (Å²) in [6, 6.07) is 8.84. The molecule has 98 valence electrons. The van der Waals surface area contributed by atoms with Gasteiger partial charge in [0.1, 0.15) is 0 Å². The quantitative estimate of drug-likeness (QED) is 0.858. The topological polar surface area (TPSA) is 32.3 Å². The molecule has 1 saturated heterocycles. The highest BCUT2D eigenvalue weighted by molar-refractivity contribution is 5.29. The van der Waals surface area contributed by atoms with Crippen molar-refractivity contribution in [3.05, 3.63) is 35.4 Å². The van der Waals surface area contributed by atoms with Crippen molar-refractivity contribution < 1.29 is 5.11 Å². The summed E-state index contributed by atoms with van der Waals surface area (Å²) in [6.07, 6.45) is 4.61. The molecule has 2 N–H and O–H groups in total. The zero-order chi connectivity index (χ0) is 12.5. The Labute approximate surface area is 109 Å². The second-order valence-electron chi connectivity index (χ2n) is 6.08. The standard InChI is InChI=1S/C16H23NO/c1-11-8-9-17-15(10-11)16(18)14-6-4-13(5-7-14)12-2-3-12/h4-7,11-12,15-18H,2-3,8-10H2,1H3. The highest BCUT2D eigenvalue weighted by Gasteiger charge is 2.27. The van der Waals surface area contributed by atoms with Crippen LogP contribution >= 0.6 is 0 Å². The fraction of sp³-hybridized carbons (Fsp3) is 0.625. The van der Waals surface area contributed by atoms with Crippen molar-refractivity contribution in [3.8, 4) is 0 Å². The zero-order valence-corrected chi connectivity index (χ0v) is 11.1. The van der Waals surface area contributed by atoms with Crippen molar-refractivity contribution in [2.45, 2.75) is 50.7 Å². The minimum absolute atomic E-state index is 0.223. The van der Waals surface area contributed by atoms with Gasteiger partial charge in [-0.05, 0) is 55.2 Å². The molecule has 1 aromatic carbocycles. The van der Waals surface area contributed by atoms with E-state index in [1.165, 1.54) is 24.8 Å². The fourth-order valence-electron chi connectivity index (χ4n) is 3.00. The van der Waals surface area contributed by atoms with Gasteiger partial charge < -0.3 is 10.4 Å². The summed E-state index contributed by atoms with van der Waals surface area (Å²) in [7, 11) is 0. The zero-order valence-electron chi connectivity index (χ0n) is 11.1. The lowest BCUT2D eigenvalue weighted by atomic mass is 9.88. The molecule has 1 aliphatic heterocycles. The third-order valence-corrected chi connectivity index (χ3v) is 4.41. The van der Waals surface area contributed by atoms with Gasteiger partial charge in [0.15, 0.2) is 0 Å². The summed E-state index contributed by atoms with van der Waals surface area (Å²) >= 11 is 0. The summed E-state index contributed by atoms with van der Waals surface area (Å²) in [6.45, 7) is 3.31. The summed E-state index contributed by atoms with van der Waals surface area (Å²) in [5, 5.41) is 13.9. The minimum Gasteiger partial charge on any atom is -0.387 e. The number of benzene rings is 1. The molecule has 0 bridgehead atoms. The summed E-state index contributed by atoms with van der Waals surface area (Å²) in [5.41, 5.74) is 2.50. The maximum absolute atomic E-state index is 10.4. The normalized spacial score (nSPS) is 30.1.